The molecule has 0 amide bonds. The second-order valence-electron chi connectivity index (χ2n) is 9.35. The number of carbonyl (C=O) groups excluding carboxylic acids is 4. The molecule has 36 heavy (non-hydrogen) atoms. The first-order valence-electron chi connectivity index (χ1n) is 14.0. The van der Waals surface area contributed by atoms with Gasteiger partial charge in [0.25, 0.3) is 0 Å². The summed E-state index contributed by atoms with van der Waals surface area (Å²) >= 11 is 0. The highest BCUT2D eigenvalue weighted by Gasteiger charge is 2.56. The summed E-state index contributed by atoms with van der Waals surface area (Å²) in [5.74, 6) is -4.23. The Kier molecular flexibility index (Phi) is 19.8. The van der Waals surface area contributed by atoms with E-state index in [1.165, 1.54) is 0 Å². The van der Waals surface area contributed by atoms with Crippen molar-refractivity contribution in [3.05, 3.63) is 0 Å². The Morgan fingerprint density at radius 2 is 1.14 bits per heavy atom. The van der Waals surface area contributed by atoms with Crippen molar-refractivity contribution in [2.24, 2.45) is 5.92 Å². The van der Waals surface area contributed by atoms with Crippen LogP contribution in [-0.4, -0.2) is 49.3 Å². The Hall–Kier alpha value is -2.12. The summed E-state index contributed by atoms with van der Waals surface area (Å²) in [4.78, 5) is 51.8. The average molecular weight is 515 g/mol. The van der Waals surface area contributed by atoms with Gasteiger partial charge < -0.3 is 18.9 Å². The molecule has 8 nitrogen and oxygen atoms in total. The summed E-state index contributed by atoms with van der Waals surface area (Å²) in [6.07, 6.45) is 9.79. The Bertz CT molecular complexity index is 633. The average Bonchev–Trinajstić information content (AvgIpc) is 2.83. The zero-order valence-electron chi connectivity index (χ0n) is 23.4. The monoisotopic (exact) mass is 514 g/mol. The smallest absolute Gasteiger partial charge is 0.352 e. The number of unbranched alkanes of at least 4 members (excludes halogenated alkanes) is 8. The quantitative estimate of drug-likeness (QED) is 0.0973. The van der Waals surface area contributed by atoms with Crippen LogP contribution in [0.5, 0.6) is 0 Å². The van der Waals surface area contributed by atoms with Crippen LogP contribution in [0.15, 0.2) is 0 Å². The van der Waals surface area contributed by atoms with Gasteiger partial charge in [0.15, 0.2) is 0 Å². The Morgan fingerprint density at radius 1 is 0.639 bits per heavy atom. The molecule has 0 aliphatic carbocycles. The van der Waals surface area contributed by atoms with Crippen LogP contribution in [-0.2, 0) is 38.1 Å². The molecule has 0 N–H and O–H groups in total. The van der Waals surface area contributed by atoms with Crippen molar-refractivity contribution < 1.29 is 38.1 Å². The minimum Gasteiger partial charge on any atom is -0.466 e. The highest BCUT2D eigenvalue weighted by atomic mass is 16.6. The van der Waals surface area contributed by atoms with E-state index < -0.39 is 41.8 Å². The minimum absolute atomic E-state index is 0.0951. The fourth-order valence-electron chi connectivity index (χ4n) is 3.86. The molecule has 0 fully saturated rings. The lowest BCUT2D eigenvalue weighted by Crippen LogP contribution is -2.55. The molecular weight excluding hydrogens is 464 g/mol. The molecule has 0 saturated heterocycles. The fourth-order valence-corrected chi connectivity index (χ4v) is 3.86. The second kappa shape index (κ2) is 21.0. The topological polar surface area (TPSA) is 105 Å². The zero-order chi connectivity index (χ0) is 27.2. The predicted octanol–water partition coefficient (Wildman–Crippen LogP) is 6.08. The lowest BCUT2D eigenvalue weighted by atomic mass is 9.80. The van der Waals surface area contributed by atoms with Gasteiger partial charge in [0.1, 0.15) is 5.92 Å². The summed E-state index contributed by atoms with van der Waals surface area (Å²) < 4.78 is 21.8. The number of hydrogen-bond donors (Lipinski definition) is 0. The Labute approximate surface area is 218 Å². The van der Waals surface area contributed by atoms with Gasteiger partial charge in [-0.2, -0.15) is 0 Å². The lowest BCUT2D eigenvalue weighted by Gasteiger charge is -2.35. The highest BCUT2D eigenvalue weighted by molar-refractivity contribution is 5.93. The van der Waals surface area contributed by atoms with E-state index in [9.17, 15) is 19.2 Å². The van der Waals surface area contributed by atoms with Crippen LogP contribution in [0.1, 0.15) is 125 Å². The predicted molar refractivity (Wildman–Crippen MR) is 138 cm³/mol. The first-order valence-corrected chi connectivity index (χ1v) is 14.0. The van der Waals surface area contributed by atoms with E-state index in [0.717, 1.165) is 58.3 Å². The van der Waals surface area contributed by atoms with E-state index in [1.807, 2.05) is 20.8 Å². The van der Waals surface area contributed by atoms with Gasteiger partial charge in [0.05, 0.1) is 26.2 Å². The van der Waals surface area contributed by atoms with Crippen molar-refractivity contribution in [1.29, 1.82) is 0 Å². The van der Waals surface area contributed by atoms with Crippen LogP contribution in [0, 0.1) is 5.92 Å². The van der Waals surface area contributed by atoms with Crippen molar-refractivity contribution in [1.82, 2.24) is 0 Å². The molecule has 0 radical (unpaired) electrons. The number of ether oxygens (including phenoxy) is 4. The molecule has 0 aromatic carbocycles. The van der Waals surface area contributed by atoms with E-state index in [1.54, 1.807) is 0 Å². The number of esters is 4. The summed E-state index contributed by atoms with van der Waals surface area (Å²) in [5, 5.41) is 0. The SMILES string of the molecule is CCCCCCCCC(C(=O)OCCCC)C(CC(=O)OCCCC)(OC(C)=O)C(=O)OCCCC. The maximum atomic E-state index is 13.5. The molecule has 0 aromatic rings. The van der Waals surface area contributed by atoms with E-state index in [2.05, 4.69) is 6.92 Å². The van der Waals surface area contributed by atoms with Gasteiger partial charge in [-0.1, -0.05) is 85.5 Å². The van der Waals surface area contributed by atoms with Crippen molar-refractivity contribution in [2.75, 3.05) is 19.8 Å². The highest BCUT2D eigenvalue weighted by Crippen LogP contribution is 2.35. The van der Waals surface area contributed by atoms with E-state index in [-0.39, 0.29) is 26.2 Å². The number of rotatable bonds is 22. The van der Waals surface area contributed by atoms with Crippen molar-refractivity contribution >= 4 is 23.9 Å². The van der Waals surface area contributed by atoms with Crippen LogP contribution >= 0.6 is 0 Å². The molecule has 8 heteroatoms. The summed E-state index contributed by atoms with van der Waals surface area (Å²) in [6, 6.07) is 0. The maximum absolute atomic E-state index is 13.5. The van der Waals surface area contributed by atoms with Gasteiger partial charge in [-0.15, -0.1) is 0 Å². The van der Waals surface area contributed by atoms with Gasteiger partial charge in [0, 0.05) is 6.92 Å². The molecule has 210 valence electrons. The summed E-state index contributed by atoms with van der Waals surface area (Å²) in [5.41, 5.74) is -2.13. The third-order valence-corrected chi connectivity index (χ3v) is 6.01. The van der Waals surface area contributed by atoms with Crippen LogP contribution in [0.4, 0.5) is 0 Å². The van der Waals surface area contributed by atoms with Gasteiger partial charge in [-0.25, -0.2) is 4.79 Å². The maximum Gasteiger partial charge on any atom is 0.352 e. The Balaban J connectivity index is 6.11. The van der Waals surface area contributed by atoms with Crippen LogP contribution in [0.25, 0.3) is 0 Å². The Morgan fingerprint density at radius 3 is 1.69 bits per heavy atom. The van der Waals surface area contributed by atoms with E-state index in [4.69, 9.17) is 18.9 Å². The van der Waals surface area contributed by atoms with E-state index >= 15 is 0 Å². The molecule has 0 aliphatic heterocycles. The van der Waals surface area contributed by atoms with Gasteiger partial charge >= 0.3 is 23.9 Å². The summed E-state index contributed by atoms with van der Waals surface area (Å²) in [7, 11) is 0. The molecule has 0 aliphatic rings. The molecule has 2 atom stereocenters. The van der Waals surface area contributed by atoms with Crippen molar-refractivity contribution in [3.63, 3.8) is 0 Å². The van der Waals surface area contributed by atoms with Crippen LogP contribution in [0.2, 0.25) is 0 Å². The lowest BCUT2D eigenvalue weighted by molar-refractivity contribution is -0.199. The first kappa shape index (κ1) is 33.9. The molecular formula is C28H50O8. The van der Waals surface area contributed by atoms with Crippen LogP contribution in [0.3, 0.4) is 0 Å². The third kappa shape index (κ3) is 13.8. The van der Waals surface area contributed by atoms with Crippen molar-refractivity contribution in [2.45, 2.75) is 130 Å². The van der Waals surface area contributed by atoms with Crippen molar-refractivity contribution in [3.8, 4) is 0 Å². The largest absolute Gasteiger partial charge is 0.466 e. The summed E-state index contributed by atoms with van der Waals surface area (Å²) in [6.45, 7) is 9.64. The third-order valence-electron chi connectivity index (χ3n) is 6.01. The molecule has 0 spiro atoms. The molecule has 0 bridgehead atoms. The fraction of sp³-hybridized carbons (Fsp3) is 0.857. The van der Waals surface area contributed by atoms with Gasteiger partial charge in [-0.05, 0) is 25.7 Å². The number of carbonyl (C=O) groups is 4. The molecule has 0 rings (SSSR count). The van der Waals surface area contributed by atoms with E-state index in [0.29, 0.717) is 25.7 Å². The normalized spacial score (nSPS) is 13.4. The van der Waals surface area contributed by atoms with Crippen LogP contribution < -0.4 is 0 Å². The first-order chi connectivity index (χ1) is 17.3. The number of hydrogen-bond acceptors (Lipinski definition) is 8. The minimum atomic E-state index is -2.13. The van der Waals surface area contributed by atoms with Gasteiger partial charge in [-0.3, -0.25) is 14.4 Å². The molecule has 0 aromatic heterocycles. The van der Waals surface area contributed by atoms with Gasteiger partial charge in [0.2, 0.25) is 5.60 Å². The molecule has 2 unspecified atom stereocenters. The molecule has 0 saturated carbocycles. The second-order valence-corrected chi connectivity index (χ2v) is 9.35. The zero-order valence-corrected chi connectivity index (χ0v) is 23.4. The molecule has 0 heterocycles. The standard InChI is InChI=1S/C28H50O8/c1-6-10-14-15-16-17-18-24(26(31)34-20-12-8-3)28(36-23(5)29,27(32)35-21-13-9-4)22-25(30)33-19-11-7-2/h24H,6-22H2,1-5H3.